The lowest BCUT2D eigenvalue weighted by molar-refractivity contribution is 0.0919. The third-order valence-electron chi connectivity index (χ3n) is 4.65. The molecule has 2 bridgehead atoms. The minimum absolute atomic E-state index is 0. The number of piperidine rings is 1. The van der Waals surface area contributed by atoms with Crippen molar-refractivity contribution >= 4 is 41.3 Å². The number of benzene rings is 1. The van der Waals surface area contributed by atoms with Crippen molar-refractivity contribution in [1.29, 1.82) is 0 Å². The van der Waals surface area contributed by atoms with Crippen LogP contribution in [0.2, 0.25) is 5.02 Å². The number of nitrogens with one attached hydrogen (secondary N) is 2. The second-order valence-corrected chi connectivity index (χ2v) is 7.56. The lowest BCUT2D eigenvalue weighted by atomic mass is 10.00. The molecule has 2 fully saturated rings. The van der Waals surface area contributed by atoms with E-state index < -0.39 is 0 Å². The molecular formula is C17H19Cl2N3OS. The molecule has 2 N–H and O–H groups in total. The molecular weight excluding hydrogens is 365 g/mol. The largest absolute Gasteiger partial charge is 0.348 e. The van der Waals surface area contributed by atoms with Gasteiger partial charge >= 0.3 is 0 Å². The molecule has 1 aromatic carbocycles. The maximum Gasteiger partial charge on any atom is 0.270 e. The number of amides is 1. The Balaban J connectivity index is 0.00000169. The lowest BCUT2D eigenvalue weighted by Gasteiger charge is -2.29. The van der Waals surface area contributed by atoms with Crippen LogP contribution in [0.25, 0.3) is 10.6 Å². The van der Waals surface area contributed by atoms with Gasteiger partial charge in [0, 0.05) is 29.1 Å². The van der Waals surface area contributed by atoms with Gasteiger partial charge in [-0.1, -0.05) is 29.8 Å². The van der Waals surface area contributed by atoms with Crippen molar-refractivity contribution in [3.8, 4) is 10.6 Å². The normalized spacial score (nSPS) is 25.1. The lowest BCUT2D eigenvalue weighted by Crippen LogP contribution is -2.48. The second-order valence-electron chi connectivity index (χ2n) is 6.30. The van der Waals surface area contributed by atoms with E-state index in [-0.39, 0.29) is 24.4 Å². The van der Waals surface area contributed by atoms with Gasteiger partial charge in [-0.05, 0) is 31.7 Å². The summed E-state index contributed by atoms with van der Waals surface area (Å²) in [6.45, 7) is 0. The average Bonchev–Trinajstić information content (AvgIpc) is 3.15. The van der Waals surface area contributed by atoms with Crippen molar-refractivity contribution in [3.05, 3.63) is 40.4 Å². The van der Waals surface area contributed by atoms with Gasteiger partial charge in [0.15, 0.2) is 0 Å². The number of nitrogens with zero attached hydrogens (tertiary/aromatic N) is 1. The van der Waals surface area contributed by atoms with E-state index in [2.05, 4.69) is 15.6 Å². The zero-order valence-corrected chi connectivity index (χ0v) is 15.4. The molecule has 7 heteroatoms. The van der Waals surface area contributed by atoms with Crippen molar-refractivity contribution in [2.45, 2.75) is 43.8 Å². The Labute approximate surface area is 156 Å². The van der Waals surface area contributed by atoms with Crippen LogP contribution in [0.15, 0.2) is 29.6 Å². The fourth-order valence-electron chi connectivity index (χ4n) is 3.57. The van der Waals surface area contributed by atoms with Gasteiger partial charge in [-0.25, -0.2) is 4.98 Å². The topological polar surface area (TPSA) is 54.0 Å². The molecule has 2 aromatic rings. The van der Waals surface area contributed by atoms with E-state index in [9.17, 15) is 4.79 Å². The molecule has 0 radical (unpaired) electrons. The SMILES string of the molecule is Cl.O=C(NC1CC2CCC(C1)N2)c1csc(-c2ccccc2Cl)n1. The van der Waals surface area contributed by atoms with Gasteiger partial charge in [-0.2, -0.15) is 0 Å². The molecule has 2 saturated heterocycles. The van der Waals surface area contributed by atoms with E-state index in [1.54, 1.807) is 0 Å². The van der Waals surface area contributed by atoms with Gasteiger partial charge in [0.2, 0.25) is 0 Å². The van der Waals surface area contributed by atoms with Crippen LogP contribution in [-0.2, 0) is 0 Å². The molecule has 0 saturated carbocycles. The number of hydrogen-bond donors (Lipinski definition) is 2. The number of fused-ring (bicyclic) bond motifs is 2. The number of hydrogen-bond acceptors (Lipinski definition) is 4. The van der Waals surface area contributed by atoms with E-state index in [0.29, 0.717) is 22.8 Å². The second kappa shape index (κ2) is 7.40. The van der Waals surface area contributed by atoms with E-state index in [1.807, 2.05) is 29.6 Å². The number of carbonyl (C=O) groups excluding carboxylic acids is 1. The van der Waals surface area contributed by atoms with Gasteiger partial charge in [-0.3, -0.25) is 4.79 Å². The number of carbonyl (C=O) groups is 1. The summed E-state index contributed by atoms with van der Waals surface area (Å²) in [5.41, 5.74) is 1.36. The van der Waals surface area contributed by atoms with E-state index in [1.165, 1.54) is 24.2 Å². The monoisotopic (exact) mass is 383 g/mol. The summed E-state index contributed by atoms with van der Waals surface area (Å²) in [6, 6.07) is 8.95. The van der Waals surface area contributed by atoms with Crippen LogP contribution in [0, 0.1) is 0 Å². The molecule has 0 aliphatic carbocycles. The van der Waals surface area contributed by atoms with E-state index in [0.717, 1.165) is 23.4 Å². The minimum Gasteiger partial charge on any atom is -0.348 e. The molecule has 4 nitrogen and oxygen atoms in total. The van der Waals surface area contributed by atoms with Gasteiger partial charge in [0.05, 0.1) is 5.02 Å². The highest BCUT2D eigenvalue weighted by Gasteiger charge is 2.34. The molecule has 3 heterocycles. The molecule has 4 rings (SSSR count). The molecule has 1 amide bonds. The van der Waals surface area contributed by atoms with Crippen LogP contribution < -0.4 is 10.6 Å². The summed E-state index contributed by atoms with van der Waals surface area (Å²) in [6.07, 6.45) is 4.49. The number of aromatic nitrogens is 1. The molecule has 2 aliphatic rings. The first kappa shape index (κ1) is 17.7. The summed E-state index contributed by atoms with van der Waals surface area (Å²) in [5, 5.41) is 9.98. The molecule has 2 unspecified atom stereocenters. The Morgan fingerprint density at radius 2 is 1.96 bits per heavy atom. The van der Waals surface area contributed by atoms with Gasteiger partial charge in [0.1, 0.15) is 10.7 Å². The fraction of sp³-hybridized carbons (Fsp3) is 0.412. The maximum absolute atomic E-state index is 12.5. The third-order valence-corrected chi connectivity index (χ3v) is 5.85. The average molecular weight is 384 g/mol. The Kier molecular flexibility index (Phi) is 5.45. The van der Waals surface area contributed by atoms with Crippen LogP contribution in [-0.4, -0.2) is 29.0 Å². The quantitative estimate of drug-likeness (QED) is 0.844. The molecule has 1 aromatic heterocycles. The Hall–Kier alpha value is -1.14. The van der Waals surface area contributed by atoms with Gasteiger partial charge in [-0.15, -0.1) is 23.7 Å². The summed E-state index contributed by atoms with van der Waals surface area (Å²) in [4.78, 5) is 16.9. The highest BCUT2D eigenvalue weighted by Crippen LogP contribution is 2.30. The summed E-state index contributed by atoms with van der Waals surface area (Å²) in [7, 11) is 0. The summed E-state index contributed by atoms with van der Waals surface area (Å²) in [5.74, 6) is -0.0779. The van der Waals surface area contributed by atoms with Crippen molar-refractivity contribution in [2.75, 3.05) is 0 Å². The maximum atomic E-state index is 12.5. The van der Waals surface area contributed by atoms with Crippen molar-refractivity contribution in [1.82, 2.24) is 15.6 Å². The number of rotatable bonds is 3. The number of halogens is 2. The Bertz CT molecular complexity index is 724. The van der Waals surface area contributed by atoms with Gasteiger partial charge in [0.25, 0.3) is 5.91 Å². The minimum atomic E-state index is -0.0779. The standard InChI is InChI=1S/C17H18ClN3OS.ClH/c18-14-4-2-1-3-13(14)17-21-15(9-23-17)16(22)20-12-7-10-5-6-11(8-12)19-10;/h1-4,9-12,19H,5-8H2,(H,20,22);1H. The molecule has 24 heavy (non-hydrogen) atoms. The van der Waals surface area contributed by atoms with Crippen molar-refractivity contribution in [2.24, 2.45) is 0 Å². The molecule has 0 spiro atoms. The van der Waals surface area contributed by atoms with E-state index >= 15 is 0 Å². The van der Waals surface area contributed by atoms with Crippen LogP contribution in [0.1, 0.15) is 36.2 Å². The first-order valence-electron chi connectivity index (χ1n) is 7.96. The summed E-state index contributed by atoms with van der Waals surface area (Å²) >= 11 is 7.65. The zero-order valence-electron chi connectivity index (χ0n) is 13.0. The highest BCUT2D eigenvalue weighted by molar-refractivity contribution is 7.13. The van der Waals surface area contributed by atoms with Crippen LogP contribution in [0.3, 0.4) is 0 Å². The van der Waals surface area contributed by atoms with Crippen LogP contribution >= 0.6 is 35.3 Å². The Morgan fingerprint density at radius 3 is 2.67 bits per heavy atom. The van der Waals surface area contributed by atoms with Crippen molar-refractivity contribution < 1.29 is 4.79 Å². The highest BCUT2D eigenvalue weighted by atomic mass is 35.5. The smallest absolute Gasteiger partial charge is 0.270 e. The fourth-order valence-corrected chi connectivity index (χ4v) is 4.69. The number of thiazole rings is 1. The Morgan fingerprint density at radius 1 is 1.25 bits per heavy atom. The van der Waals surface area contributed by atoms with Crippen molar-refractivity contribution in [3.63, 3.8) is 0 Å². The predicted octanol–water partition coefficient (Wildman–Crippen LogP) is 3.90. The first-order valence-corrected chi connectivity index (χ1v) is 9.22. The van der Waals surface area contributed by atoms with Crippen LogP contribution in [0.5, 0.6) is 0 Å². The molecule has 128 valence electrons. The van der Waals surface area contributed by atoms with Crippen LogP contribution in [0.4, 0.5) is 0 Å². The molecule has 2 aliphatic heterocycles. The molecule has 2 atom stereocenters. The van der Waals surface area contributed by atoms with Gasteiger partial charge < -0.3 is 10.6 Å². The summed E-state index contributed by atoms with van der Waals surface area (Å²) < 4.78 is 0. The predicted molar refractivity (Wildman–Crippen MR) is 100 cm³/mol. The van der Waals surface area contributed by atoms with E-state index in [4.69, 9.17) is 11.6 Å². The third kappa shape index (κ3) is 3.59. The first-order chi connectivity index (χ1) is 11.2. The zero-order chi connectivity index (χ0) is 15.8.